The summed E-state index contributed by atoms with van der Waals surface area (Å²) in [7, 11) is -3.71. The number of anilines is 1. The van der Waals surface area contributed by atoms with Crippen LogP contribution in [0.5, 0.6) is 0 Å². The van der Waals surface area contributed by atoms with Crippen molar-refractivity contribution < 1.29 is 13.5 Å². The quantitative estimate of drug-likeness (QED) is 0.906. The summed E-state index contributed by atoms with van der Waals surface area (Å²) in [6.45, 7) is -0.190. The van der Waals surface area contributed by atoms with Crippen LogP contribution in [0.2, 0.25) is 5.02 Å². The molecule has 5 nitrogen and oxygen atoms in total. The smallest absolute Gasteiger partial charge is 0.272 e. The van der Waals surface area contributed by atoms with Gasteiger partial charge in [-0.25, -0.2) is 13.4 Å². The second-order valence-corrected chi connectivity index (χ2v) is 6.80. The van der Waals surface area contributed by atoms with Crippen molar-refractivity contribution in [2.45, 2.75) is 10.8 Å². The van der Waals surface area contributed by atoms with Crippen LogP contribution in [0.25, 0.3) is 0 Å². The van der Waals surface area contributed by atoms with E-state index in [2.05, 4.69) is 9.71 Å². The van der Waals surface area contributed by atoms with E-state index in [9.17, 15) is 8.42 Å². The normalized spacial score (nSPS) is 11.4. The van der Waals surface area contributed by atoms with Crippen molar-refractivity contribution in [2.24, 2.45) is 0 Å². The zero-order chi connectivity index (χ0) is 13.2. The van der Waals surface area contributed by atoms with Gasteiger partial charge in [0.25, 0.3) is 10.0 Å². The third-order valence-electron chi connectivity index (χ3n) is 2.05. The van der Waals surface area contributed by atoms with Gasteiger partial charge in [-0.15, -0.1) is 11.3 Å². The van der Waals surface area contributed by atoms with Gasteiger partial charge in [-0.05, 0) is 24.3 Å². The van der Waals surface area contributed by atoms with E-state index in [1.165, 1.54) is 12.3 Å². The maximum Gasteiger partial charge on any atom is 0.272 e. The Kier molecular flexibility index (Phi) is 3.86. The number of rotatable bonds is 4. The highest BCUT2D eigenvalue weighted by molar-refractivity contribution is 7.94. The molecule has 0 aromatic carbocycles. The van der Waals surface area contributed by atoms with Crippen LogP contribution in [0.15, 0.2) is 34.7 Å². The summed E-state index contributed by atoms with van der Waals surface area (Å²) in [5, 5.41) is 9.13. The minimum atomic E-state index is -3.71. The molecule has 18 heavy (non-hydrogen) atoms. The first-order valence-electron chi connectivity index (χ1n) is 4.86. The lowest BCUT2D eigenvalue weighted by Crippen LogP contribution is -2.12. The zero-order valence-corrected chi connectivity index (χ0v) is 11.4. The predicted molar refractivity (Wildman–Crippen MR) is 70.3 cm³/mol. The number of aromatic nitrogens is 1. The Morgan fingerprint density at radius 2 is 2.17 bits per heavy atom. The first-order valence-corrected chi connectivity index (χ1v) is 7.53. The number of aliphatic hydroxyl groups excluding tert-OH is 1. The van der Waals surface area contributed by atoms with Gasteiger partial charge in [0, 0.05) is 11.1 Å². The molecule has 0 saturated carbocycles. The lowest BCUT2D eigenvalue weighted by Gasteiger charge is -2.06. The molecule has 0 aliphatic rings. The molecule has 0 bridgehead atoms. The number of nitrogens with zero attached hydrogens (tertiary/aromatic N) is 1. The van der Waals surface area contributed by atoms with Crippen molar-refractivity contribution in [1.29, 1.82) is 0 Å². The van der Waals surface area contributed by atoms with Crippen LogP contribution in [0.1, 0.15) is 4.88 Å². The number of pyridine rings is 1. The van der Waals surface area contributed by atoms with Gasteiger partial charge in [-0.2, -0.15) is 0 Å². The van der Waals surface area contributed by atoms with Crippen molar-refractivity contribution in [3.63, 3.8) is 0 Å². The van der Waals surface area contributed by atoms with Crippen LogP contribution >= 0.6 is 22.9 Å². The minimum absolute atomic E-state index is 0.0816. The maximum absolute atomic E-state index is 12.0. The molecule has 2 N–H and O–H groups in total. The summed E-state index contributed by atoms with van der Waals surface area (Å²) in [5.74, 6) is 0.0816. The molecule has 2 aromatic rings. The fraction of sp³-hybridized carbons (Fsp3) is 0.100. The fourth-order valence-electron chi connectivity index (χ4n) is 1.23. The lowest BCUT2D eigenvalue weighted by atomic mass is 10.5. The first-order chi connectivity index (χ1) is 8.53. The molecule has 0 radical (unpaired) electrons. The minimum Gasteiger partial charge on any atom is -0.391 e. The van der Waals surface area contributed by atoms with E-state index in [0.29, 0.717) is 4.88 Å². The number of hydrogen-bond acceptors (Lipinski definition) is 5. The molecular weight excluding hydrogens is 296 g/mol. The predicted octanol–water partition coefficient (Wildman–Crippen LogP) is 2.09. The number of nitrogens with one attached hydrogen (secondary N) is 1. The Balaban J connectivity index is 2.30. The van der Waals surface area contributed by atoms with E-state index in [0.717, 1.165) is 11.3 Å². The van der Waals surface area contributed by atoms with E-state index in [4.69, 9.17) is 16.7 Å². The number of hydrogen-bond donors (Lipinski definition) is 2. The number of aliphatic hydroxyl groups is 1. The Labute approximate surface area is 113 Å². The van der Waals surface area contributed by atoms with Crippen molar-refractivity contribution in [3.8, 4) is 0 Å². The van der Waals surface area contributed by atoms with Gasteiger partial charge in [0.05, 0.1) is 11.6 Å². The third-order valence-corrected chi connectivity index (χ3v) is 5.25. The highest BCUT2D eigenvalue weighted by Gasteiger charge is 2.18. The summed E-state index contributed by atoms with van der Waals surface area (Å²) in [6, 6.07) is 6.13. The standard InChI is InChI=1S/C10H9ClN2O3S2/c11-8-2-1-5-12-10(8)13-18(15,16)9-4-3-7(6-14)17-9/h1-5,14H,6H2,(H,12,13). The topological polar surface area (TPSA) is 79.3 Å². The lowest BCUT2D eigenvalue weighted by molar-refractivity contribution is 0.285. The van der Waals surface area contributed by atoms with Gasteiger partial charge in [0.15, 0.2) is 5.82 Å². The monoisotopic (exact) mass is 304 g/mol. The van der Waals surface area contributed by atoms with Crippen molar-refractivity contribution >= 4 is 38.8 Å². The molecule has 2 aromatic heterocycles. The van der Waals surface area contributed by atoms with Gasteiger partial charge in [-0.1, -0.05) is 11.6 Å². The van der Waals surface area contributed by atoms with Crippen molar-refractivity contribution in [3.05, 3.63) is 40.4 Å². The zero-order valence-electron chi connectivity index (χ0n) is 9.00. The molecule has 8 heteroatoms. The molecule has 0 saturated heterocycles. The molecule has 2 heterocycles. The SMILES string of the molecule is O=S(=O)(Nc1ncccc1Cl)c1ccc(CO)s1. The average Bonchev–Trinajstić information content (AvgIpc) is 2.81. The van der Waals surface area contributed by atoms with Crippen LogP contribution in [0.3, 0.4) is 0 Å². The van der Waals surface area contributed by atoms with Crippen LogP contribution in [0, 0.1) is 0 Å². The molecule has 0 spiro atoms. The molecule has 0 atom stereocenters. The second-order valence-electron chi connectivity index (χ2n) is 3.32. The number of sulfonamides is 1. The van der Waals surface area contributed by atoms with Crippen LogP contribution in [-0.4, -0.2) is 18.5 Å². The molecule has 0 aliphatic heterocycles. The fourth-order valence-corrected chi connectivity index (χ4v) is 3.70. The van der Waals surface area contributed by atoms with Gasteiger partial charge < -0.3 is 5.11 Å². The highest BCUT2D eigenvalue weighted by Crippen LogP contribution is 2.26. The number of thiophene rings is 1. The van der Waals surface area contributed by atoms with Crippen LogP contribution in [0.4, 0.5) is 5.82 Å². The number of halogens is 1. The van der Waals surface area contributed by atoms with Gasteiger partial charge in [0.1, 0.15) is 4.21 Å². The molecule has 0 unspecified atom stereocenters. The second kappa shape index (κ2) is 5.23. The molecule has 0 fully saturated rings. The third kappa shape index (κ3) is 2.81. The van der Waals surface area contributed by atoms with Crippen LogP contribution < -0.4 is 4.72 Å². The van der Waals surface area contributed by atoms with E-state index in [1.54, 1.807) is 18.2 Å². The summed E-state index contributed by atoms with van der Waals surface area (Å²) >= 11 is 6.82. The maximum atomic E-state index is 12.0. The molecule has 96 valence electrons. The van der Waals surface area contributed by atoms with Crippen molar-refractivity contribution in [2.75, 3.05) is 4.72 Å². The largest absolute Gasteiger partial charge is 0.391 e. The Morgan fingerprint density at radius 1 is 1.39 bits per heavy atom. The molecule has 2 rings (SSSR count). The van der Waals surface area contributed by atoms with E-state index in [1.807, 2.05) is 0 Å². The van der Waals surface area contributed by atoms with Crippen LogP contribution in [-0.2, 0) is 16.6 Å². The molecule has 0 aliphatic carbocycles. The first kappa shape index (κ1) is 13.3. The average molecular weight is 305 g/mol. The molecular formula is C10H9ClN2O3S2. The Bertz CT molecular complexity index is 655. The summed E-state index contributed by atoms with van der Waals surface area (Å²) in [5.41, 5.74) is 0. The Morgan fingerprint density at radius 3 is 2.78 bits per heavy atom. The Hall–Kier alpha value is -1.15. The summed E-state index contributed by atoms with van der Waals surface area (Å²) in [4.78, 5) is 4.42. The van der Waals surface area contributed by atoms with Gasteiger partial charge in [0.2, 0.25) is 0 Å². The van der Waals surface area contributed by atoms with E-state index >= 15 is 0 Å². The summed E-state index contributed by atoms with van der Waals surface area (Å²) in [6.07, 6.45) is 1.44. The van der Waals surface area contributed by atoms with E-state index in [-0.39, 0.29) is 21.7 Å². The summed E-state index contributed by atoms with van der Waals surface area (Å²) < 4.78 is 26.4. The van der Waals surface area contributed by atoms with Gasteiger partial charge in [-0.3, -0.25) is 4.72 Å². The van der Waals surface area contributed by atoms with Gasteiger partial charge >= 0.3 is 0 Å². The highest BCUT2D eigenvalue weighted by atomic mass is 35.5. The van der Waals surface area contributed by atoms with Crippen molar-refractivity contribution in [1.82, 2.24) is 4.98 Å². The van der Waals surface area contributed by atoms with E-state index < -0.39 is 10.0 Å². The molecule has 0 amide bonds.